The second-order valence-electron chi connectivity index (χ2n) is 5.99. The number of nitro groups is 1. The van der Waals surface area contributed by atoms with Crippen LogP contribution in [0.25, 0.3) is 0 Å². The van der Waals surface area contributed by atoms with Crippen LogP contribution in [0.5, 0.6) is 0 Å². The lowest BCUT2D eigenvalue weighted by Gasteiger charge is -2.30. The third-order valence-corrected chi connectivity index (χ3v) is 4.11. The fourth-order valence-corrected chi connectivity index (χ4v) is 2.80. The molecule has 0 heterocycles. The summed E-state index contributed by atoms with van der Waals surface area (Å²) < 4.78 is 0. The Labute approximate surface area is 126 Å². The quantitative estimate of drug-likeness (QED) is 0.586. The molecule has 1 aliphatic rings. The number of rotatable bonds is 8. The van der Waals surface area contributed by atoms with Crippen LogP contribution in [0.1, 0.15) is 38.2 Å². The van der Waals surface area contributed by atoms with E-state index in [0.717, 1.165) is 37.5 Å². The maximum Gasteiger partial charge on any atom is 0.292 e. The Morgan fingerprint density at radius 3 is 2.76 bits per heavy atom. The molecule has 116 valence electrons. The van der Waals surface area contributed by atoms with Crippen molar-refractivity contribution in [3.63, 3.8) is 0 Å². The Bertz CT molecular complexity index is 486. The van der Waals surface area contributed by atoms with Gasteiger partial charge in [0.05, 0.1) is 4.92 Å². The van der Waals surface area contributed by atoms with Gasteiger partial charge in [-0.1, -0.05) is 25.5 Å². The summed E-state index contributed by atoms with van der Waals surface area (Å²) in [5.41, 5.74) is 1.88. The summed E-state index contributed by atoms with van der Waals surface area (Å²) in [6, 6.07) is 5.34. The van der Waals surface area contributed by atoms with Crippen molar-refractivity contribution in [3.8, 4) is 0 Å². The van der Waals surface area contributed by atoms with E-state index in [1.807, 2.05) is 6.07 Å². The van der Waals surface area contributed by atoms with E-state index in [0.29, 0.717) is 5.69 Å². The van der Waals surface area contributed by atoms with Crippen LogP contribution < -0.4 is 5.32 Å². The molecule has 0 radical (unpaired) electrons. The van der Waals surface area contributed by atoms with Gasteiger partial charge in [-0.25, -0.2) is 0 Å². The van der Waals surface area contributed by atoms with Crippen LogP contribution in [0.2, 0.25) is 0 Å². The van der Waals surface area contributed by atoms with Gasteiger partial charge in [-0.2, -0.15) is 0 Å². The molecular weight excluding hydrogens is 266 g/mol. The van der Waals surface area contributed by atoms with Gasteiger partial charge in [-0.05, 0) is 37.8 Å². The number of hydrogen-bond donors (Lipinski definition) is 1. The zero-order valence-corrected chi connectivity index (χ0v) is 13.0. The second kappa shape index (κ2) is 7.41. The molecule has 21 heavy (non-hydrogen) atoms. The second-order valence-corrected chi connectivity index (χ2v) is 5.99. The Kier molecular flexibility index (Phi) is 5.56. The predicted octanol–water partition coefficient (Wildman–Crippen LogP) is 3.65. The van der Waals surface area contributed by atoms with Crippen LogP contribution >= 0.6 is 0 Å². The van der Waals surface area contributed by atoms with Gasteiger partial charge >= 0.3 is 0 Å². The van der Waals surface area contributed by atoms with E-state index < -0.39 is 0 Å². The SMILES string of the molecule is CCCNc1c(CN(C)CC2CCC2)cccc1[N+](=O)[O-]. The standard InChI is InChI=1S/C16H25N3O2/c1-3-10-17-16-14(8-5-9-15(16)19(20)21)12-18(2)11-13-6-4-7-13/h5,8-9,13,17H,3-4,6-7,10-12H2,1-2H3. The van der Waals surface area contributed by atoms with Gasteiger partial charge in [-0.15, -0.1) is 0 Å². The van der Waals surface area contributed by atoms with Crippen molar-refractivity contribution in [3.05, 3.63) is 33.9 Å². The Hall–Kier alpha value is -1.62. The average Bonchev–Trinajstić information content (AvgIpc) is 2.41. The highest BCUT2D eigenvalue weighted by atomic mass is 16.6. The number of para-hydroxylation sites is 1. The van der Waals surface area contributed by atoms with Crippen molar-refractivity contribution in [1.82, 2.24) is 4.90 Å². The number of nitro benzene ring substituents is 1. The highest BCUT2D eigenvalue weighted by Crippen LogP contribution is 2.31. The van der Waals surface area contributed by atoms with Gasteiger partial charge in [0.15, 0.2) is 0 Å². The molecule has 1 aromatic rings. The van der Waals surface area contributed by atoms with Crippen LogP contribution in [0.4, 0.5) is 11.4 Å². The molecule has 0 aliphatic heterocycles. The summed E-state index contributed by atoms with van der Waals surface area (Å²) in [6.07, 6.45) is 4.93. The van der Waals surface area contributed by atoms with E-state index >= 15 is 0 Å². The largest absolute Gasteiger partial charge is 0.379 e. The van der Waals surface area contributed by atoms with Crippen molar-refractivity contribution >= 4 is 11.4 Å². The molecule has 0 aromatic heterocycles. The van der Waals surface area contributed by atoms with E-state index in [1.165, 1.54) is 19.3 Å². The lowest BCUT2D eigenvalue weighted by molar-refractivity contribution is -0.384. The highest BCUT2D eigenvalue weighted by Gasteiger charge is 2.21. The van der Waals surface area contributed by atoms with Gasteiger partial charge < -0.3 is 10.2 Å². The molecule has 1 aromatic carbocycles. The van der Waals surface area contributed by atoms with E-state index in [4.69, 9.17) is 0 Å². The van der Waals surface area contributed by atoms with Crippen molar-refractivity contribution in [2.24, 2.45) is 5.92 Å². The molecule has 0 bridgehead atoms. The first-order chi connectivity index (χ1) is 10.1. The zero-order chi connectivity index (χ0) is 15.2. The minimum Gasteiger partial charge on any atom is -0.379 e. The molecule has 5 nitrogen and oxygen atoms in total. The van der Waals surface area contributed by atoms with E-state index in [9.17, 15) is 10.1 Å². The van der Waals surface area contributed by atoms with Crippen molar-refractivity contribution < 1.29 is 4.92 Å². The molecule has 0 amide bonds. The van der Waals surface area contributed by atoms with Crippen molar-refractivity contribution in [2.45, 2.75) is 39.2 Å². The third kappa shape index (κ3) is 4.17. The van der Waals surface area contributed by atoms with Crippen LogP contribution in [0.15, 0.2) is 18.2 Å². The molecule has 0 atom stereocenters. The van der Waals surface area contributed by atoms with Gasteiger partial charge in [0.2, 0.25) is 0 Å². The van der Waals surface area contributed by atoms with Gasteiger partial charge in [0, 0.05) is 25.7 Å². The number of benzene rings is 1. The maximum absolute atomic E-state index is 11.2. The average molecular weight is 291 g/mol. The third-order valence-electron chi connectivity index (χ3n) is 4.11. The monoisotopic (exact) mass is 291 g/mol. The fourth-order valence-electron chi connectivity index (χ4n) is 2.80. The molecule has 0 spiro atoms. The smallest absolute Gasteiger partial charge is 0.292 e. The minimum absolute atomic E-state index is 0.179. The van der Waals surface area contributed by atoms with Crippen molar-refractivity contribution in [1.29, 1.82) is 0 Å². The maximum atomic E-state index is 11.2. The summed E-state index contributed by atoms with van der Waals surface area (Å²) >= 11 is 0. The number of anilines is 1. The summed E-state index contributed by atoms with van der Waals surface area (Å²) in [7, 11) is 2.10. The Morgan fingerprint density at radius 1 is 1.43 bits per heavy atom. The topological polar surface area (TPSA) is 58.4 Å². The molecule has 1 saturated carbocycles. The minimum atomic E-state index is -0.298. The fraction of sp³-hybridized carbons (Fsp3) is 0.625. The summed E-state index contributed by atoms with van der Waals surface area (Å²) in [4.78, 5) is 13.2. The van der Waals surface area contributed by atoms with Crippen LogP contribution in [0.3, 0.4) is 0 Å². The molecule has 5 heteroatoms. The van der Waals surface area contributed by atoms with E-state index in [1.54, 1.807) is 12.1 Å². The zero-order valence-electron chi connectivity index (χ0n) is 13.0. The first-order valence-corrected chi connectivity index (χ1v) is 7.80. The molecule has 1 aliphatic carbocycles. The normalized spacial score (nSPS) is 15.0. The summed E-state index contributed by atoms with van der Waals surface area (Å²) in [5, 5.41) is 14.4. The van der Waals surface area contributed by atoms with Gasteiger partial charge in [-0.3, -0.25) is 10.1 Å². The Morgan fingerprint density at radius 2 is 2.19 bits per heavy atom. The molecule has 2 rings (SSSR count). The molecule has 1 fully saturated rings. The van der Waals surface area contributed by atoms with Gasteiger partial charge in [0.1, 0.15) is 5.69 Å². The number of nitrogens with zero attached hydrogens (tertiary/aromatic N) is 2. The summed E-state index contributed by atoms with van der Waals surface area (Å²) in [6.45, 7) is 4.65. The first-order valence-electron chi connectivity index (χ1n) is 7.80. The van der Waals surface area contributed by atoms with Crippen molar-refractivity contribution in [2.75, 3.05) is 25.5 Å². The lowest BCUT2D eigenvalue weighted by Crippen LogP contribution is -2.29. The predicted molar refractivity (Wildman–Crippen MR) is 85.6 cm³/mol. The molecular formula is C16H25N3O2. The van der Waals surface area contributed by atoms with Crippen LogP contribution in [-0.4, -0.2) is 30.0 Å². The lowest BCUT2D eigenvalue weighted by atomic mass is 9.85. The van der Waals surface area contributed by atoms with Crippen LogP contribution in [0, 0.1) is 16.0 Å². The number of nitrogens with one attached hydrogen (secondary N) is 1. The number of hydrogen-bond acceptors (Lipinski definition) is 4. The van der Waals surface area contributed by atoms with E-state index in [2.05, 4.69) is 24.2 Å². The Balaban J connectivity index is 2.11. The molecule has 0 saturated heterocycles. The molecule has 0 unspecified atom stereocenters. The van der Waals surface area contributed by atoms with Crippen LogP contribution in [-0.2, 0) is 6.54 Å². The van der Waals surface area contributed by atoms with Gasteiger partial charge in [0.25, 0.3) is 5.69 Å². The van der Waals surface area contributed by atoms with E-state index in [-0.39, 0.29) is 10.6 Å². The summed E-state index contributed by atoms with van der Waals surface area (Å²) in [5.74, 6) is 0.806. The first kappa shape index (κ1) is 15.8. The highest BCUT2D eigenvalue weighted by molar-refractivity contribution is 5.66. The molecule has 1 N–H and O–H groups in total.